The van der Waals surface area contributed by atoms with Crippen LogP contribution in [0.5, 0.6) is 17.2 Å². The number of aryl methyl sites for hydroxylation is 1. The van der Waals surface area contributed by atoms with Crippen LogP contribution in [0.15, 0.2) is 60.7 Å². The van der Waals surface area contributed by atoms with Gasteiger partial charge in [0.05, 0.1) is 33.5 Å². The first-order valence-electron chi connectivity index (χ1n) is 15.0. The van der Waals surface area contributed by atoms with E-state index in [2.05, 4.69) is 48.6 Å². The summed E-state index contributed by atoms with van der Waals surface area (Å²) in [6.07, 6.45) is 0.734. The summed E-state index contributed by atoms with van der Waals surface area (Å²) in [5, 5.41) is 3.47. The SMILES string of the molecule is COCCCOc1cc(C(=O)N(C[C@@H]2CNC[C@H]2OCc2cccc(-c3cc(C)ccc3OC)c2)C(C)C)ccc1OC. The Morgan fingerprint density at radius 2 is 1.72 bits per heavy atom. The predicted octanol–water partition coefficient (Wildman–Crippen LogP) is 5.75. The first-order valence-corrected chi connectivity index (χ1v) is 15.0. The zero-order chi connectivity index (χ0) is 30.8. The van der Waals surface area contributed by atoms with Crippen molar-refractivity contribution in [3.8, 4) is 28.4 Å². The highest BCUT2D eigenvalue weighted by atomic mass is 16.5. The molecule has 8 nitrogen and oxygen atoms in total. The fraction of sp³-hybridized carbons (Fsp3) is 0.457. The molecule has 1 N–H and O–H groups in total. The van der Waals surface area contributed by atoms with Crippen molar-refractivity contribution >= 4 is 5.91 Å². The normalized spacial score (nSPS) is 16.3. The van der Waals surface area contributed by atoms with Crippen LogP contribution in [0.1, 0.15) is 41.8 Å². The van der Waals surface area contributed by atoms with E-state index in [9.17, 15) is 4.79 Å². The molecule has 3 aromatic rings. The zero-order valence-electron chi connectivity index (χ0n) is 26.4. The molecule has 0 radical (unpaired) electrons. The van der Waals surface area contributed by atoms with Gasteiger partial charge < -0.3 is 33.9 Å². The van der Waals surface area contributed by atoms with E-state index in [0.29, 0.717) is 43.4 Å². The molecular formula is C35H46N2O6. The first-order chi connectivity index (χ1) is 20.8. The Labute approximate surface area is 256 Å². The third-order valence-electron chi connectivity index (χ3n) is 7.81. The van der Waals surface area contributed by atoms with Crippen LogP contribution in [0.2, 0.25) is 0 Å². The molecule has 0 bridgehead atoms. The van der Waals surface area contributed by atoms with Gasteiger partial charge in [0, 0.05) is 62.9 Å². The topological polar surface area (TPSA) is 78.5 Å². The fourth-order valence-electron chi connectivity index (χ4n) is 5.42. The number of nitrogens with one attached hydrogen (secondary N) is 1. The molecule has 1 aliphatic rings. The number of benzene rings is 3. The Bertz CT molecular complexity index is 1340. The van der Waals surface area contributed by atoms with Crippen molar-refractivity contribution in [3.05, 3.63) is 77.4 Å². The van der Waals surface area contributed by atoms with Crippen molar-refractivity contribution in [2.75, 3.05) is 54.2 Å². The summed E-state index contributed by atoms with van der Waals surface area (Å²) in [7, 11) is 4.96. The number of hydrogen-bond acceptors (Lipinski definition) is 7. The van der Waals surface area contributed by atoms with Gasteiger partial charge in [0.15, 0.2) is 11.5 Å². The average Bonchev–Trinajstić information content (AvgIpc) is 3.47. The highest BCUT2D eigenvalue weighted by Crippen LogP contribution is 2.32. The molecule has 0 unspecified atom stereocenters. The Balaban J connectivity index is 1.43. The molecule has 3 aromatic carbocycles. The van der Waals surface area contributed by atoms with Crippen molar-refractivity contribution in [3.63, 3.8) is 0 Å². The minimum atomic E-state index is -0.0372. The van der Waals surface area contributed by atoms with E-state index >= 15 is 0 Å². The molecule has 4 rings (SSSR count). The van der Waals surface area contributed by atoms with E-state index in [4.69, 9.17) is 23.7 Å². The summed E-state index contributed by atoms with van der Waals surface area (Å²) in [6.45, 7) is 9.88. The summed E-state index contributed by atoms with van der Waals surface area (Å²) in [6, 6.07) is 20.0. The summed E-state index contributed by atoms with van der Waals surface area (Å²) in [5.41, 5.74) is 5.02. The van der Waals surface area contributed by atoms with Crippen molar-refractivity contribution < 1.29 is 28.5 Å². The lowest BCUT2D eigenvalue weighted by Gasteiger charge is -2.31. The summed E-state index contributed by atoms with van der Waals surface area (Å²) in [5.74, 6) is 2.13. The van der Waals surface area contributed by atoms with Crippen LogP contribution < -0.4 is 19.5 Å². The van der Waals surface area contributed by atoms with Crippen LogP contribution in [0.4, 0.5) is 0 Å². The molecule has 1 saturated heterocycles. The summed E-state index contributed by atoms with van der Waals surface area (Å²) >= 11 is 0. The molecule has 1 fully saturated rings. The van der Waals surface area contributed by atoms with Crippen LogP contribution in [0.3, 0.4) is 0 Å². The second-order valence-electron chi connectivity index (χ2n) is 11.3. The molecule has 1 amide bonds. The Kier molecular flexibility index (Phi) is 11.8. The summed E-state index contributed by atoms with van der Waals surface area (Å²) in [4.78, 5) is 15.7. The van der Waals surface area contributed by atoms with E-state index in [0.717, 1.165) is 42.0 Å². The fourth-order valence-corrected chi connectivity index (χ4v) is 5.42. The van der Waals surface area contributed by atoms with Gasteiger partial charge in [-0.1, -0.05) is 29.8 Å². The van der Waals surface area contributed by atoms with E-state index in [1.807, 2.05) is 24.8 Å². The number of carbonyl (C=O) groups is 1. The van der Waals surface area contributed by atoms with Gasteiger partial charge in [0.2, 0.25) is 0 Å². The number of amides is 1. The predicted molar refractivity (Wildman–Crippen MR) is 169 cm³/mol. The van der Waals surface area contributed by atoms with Gasteiger partial charge in [0.1, 0.15) is 5.75 Å². The Morgan fingerprint density at radius 3 is 2.47 bits per heavy atom. The smallest absolute Gasteiger partial charge is 0.254 e. The second kappa shape index (κ2) is 15.8. The van der Waals surface area contributed by atoms with E-state index in [1.165, 1.54) is 5.56 Å². The zero-order valence-corrected chi connectivity index (χ0v) is 26.4. The number of methoxy groups -OCH3 is 3. The molecule has 232 valence electrons. The van der Waals surface area contributed by atoms with Crippen LogP contribution in [-0.2, 0) is 16.1 Å². The molecule has 8 heteroatoms. The molecule has 1 heterocycles. The number of carbonyl (C=O) groups excluding carboxylic acids is 1. The van der Waals surface area contributed by atoms with Crippen molar-refractivity contribution in [1.82, 2.24) is 10.2 Å². The number of rotatable bonds is 15. The van der Waals surface area contributed by atoms with Gasteiger partial charge in [-0.2, -0.15) is 0 Å². The van der Waals surface area contributed by atoms with Gasteiger partial charge >= 0.3 is 0 Å². The van der Waals surface area contributed by atoms with Gasteiger partial charge in [-0.25, -0.2) is 0 Å². The third-order valence-corrected chi connectivity index (χ3v) is 7.81. The van der Waals surface area contributed by atoms with Gasteiger partial charge in [-0.15, -0.1) is 0 Å². The molecule has 2 atom stereocenters. The van der Waals surface area contributed by atoms with Crippen LogP contribution in [-0.4, -0.2) is 77.1 Å². The van der Waals surface area contributed by atoms with Gasteiger partial charge in [-0.3, -0.25) is 4.79 Å². The molecule has 43 heavy (non-hydrogen) atoms. The van der Waals surface area contributed by atoms with Crippen molar-refractivity contribution in [2.24, 2.45) is 5.92 Å². The number of hydrogen-bond donors (Lipinski definition) is 1. The van der Waals surface area contributed by atoms with Gasteiger partial charge in [0.25, 0.3) is 5.91 Å². The minimum Gasteiger partial charge on any atom is -0.496 e. The highest BCUT2D eigenvalue weighted by Gasteiger charge is 2.32. The lowest BCUT2D eigenvalue weighted by Crippen LogP contribution is -2.43. The lowest BCUT2D eigenvalue weighted by atomic mass is 10.0. The van der Waals surface area contributed by atoms with E-state index < -0.39 is 0 Å². The quantitative estimate of drug-likeness (QED) is 0.226. The van der Waals surface area contributed by atoms with Gasteiger partial charge in [-0.05, 0) is 68.3 Å². The maximum atomic E-state index is 13.8. The molecule has 0 aliphatic carbocycles. The second-order valence-corrected chi connectivity index (χ2v) is 11.3. The molecule has 0 aromatic heterocycles. The maximum absolute atomic E-state index is 13.8. The monoisotopic (exact) mass is 590 g/mol. The molecule has 0 saturated carbocycles. The highest BCUT2D eigenvalue weighted by molar-refractivity contribution is 5.95. The minimum absolute atomic E-state index is 0.0123. The number of ether oxygens (including phenoxy) is 5. The number of nitrogens with zero attached hydrogens (tertiary/aromatic N) is 1. The van der Waals surface area contributed by atoms with E-state index in [-0.39, 0.29) is 24.0 Å². The Hall–Kier alpha value is -3.59. The summed E-state index contributed by atoms with van der Waals surface area (Å²) < 4.78 is 28.6. The first kappa shape index (κ1) is 32.3. The molecular weight excluding hydrogens is 544 g/mol. The van der Waals surface area contributed by atoms with Crippen LogP contribution in [0, 0.1) is 12.8 Å². The molecule has 1 aliphatic heterocycles. The van der Waals surface area contributed by atoms with Crippen LogP contribution in [0.25, 0.3) is 11.1 Å². The Morgan fingerprint density at radius 1 is 0.930 bits per heavy atom. The lowest BCUT2D eigenvalue weighted by molar-refractivity contribution is 0.0129. The average molecular weight is 591 g/mol. The van der Waals surface area contributed by atoms with Crippen molar-refractivity contribution in [1.29, 1.82) is 0 Å². The third kappa shape index (κ3) is 8.50. The molecule has 0 spiro atoms. The maximum Gasteiger partial charge on any atom is 0.254 e. The largest absolute Gasteiger partial charge is 0.496 e. The van der Waals surface area contributed by atoms with Crippen molar-refractivity contribution in [2.45, 2.75) is 45.9 Å². The van der Waals surface area contributed by atoms with Crippen LogP contribution >= 0.6 is 0 Å². The van der Waals surface area contributed by atoms with E-state index in [1.54, 1.807) is 39.5 Å². The standard InChI is InChI=1S/C35H46N2O6/c1-24(2)37(35(38)28-12-14-32(41-6)33(19-28)42-16-8-15-39-4)22-29-20-36-21-34(29)43-23-26-9-7-10-27(18-26)30-17-25(3)11-13-31(30)40-5/h7,9-14,17-19,24,29,34,36H,8,15-16,20-23H2,1-6H3/t29-,34+/m0/s1.